The van der Waals surface area contributed by atoms with Gasteiger partial charge < -0.3 is 4.42 Å². The second-order valence-electron chi connectivity index (χ2n) is 3.25. The van der Waals surface area contributed by atoms with Gasteiger partial charge in [-0.25, -0.2) is 0 Å². The van der Waals surface area contributed by atoms with Crippen LogP contribution in [0.15, 0.2) is 21.6 Å². The molecule has 0 radical (unpaired) electrons. The van der Waals surface area contributed by atoms with Crippen LogP contribution in [0.25, 0.3) is 0 Å². The molecular weight excluding hydrogens is 184 g/mol. The van der Waals surface area contributed by atoms with E-state index >= 15 is 0 Å². The number of aryl methyl sites for hydroxylation is 1. The summed E-state index contributed by atoms with van der Waals surface area (Å²) in [5.41, 5.74) is 0. The number of thioether (sulfide) groups is 1. The maximum atomic E-state index is 11.3. The average Bonchev–Trinajstić information content (AvgIpc) is 2.47. The zero-order chi connectivity index (χ0) is 9.84. The summed E-state index contributed by atoms with van der Waals surface area (Å²) < 4.78 is 5.13. The van der Waals surface area contributed by atoms with E-state index in [0.717, 1.165) is 10.7 Å². The summed E-state index contributed by atoms with van der Waals surface area (Å²) >= 11 is 1.55. The summed E-state index contributed by atoms with van der Waals surface area (Å²) in [6.07, 6.45) is 1.65. The van der Waals surface area contributed by atoms with Gasteiger partial charge in [0, 0.05) is 10.8 Å². The first kappa shape index (κ1) is 10.4. The van der Waals surface area contributed by atoms with Crippen molar-refractivity contribution in [1.82, 2.24) is 0 Å². The van der Waals surface area contributed by atoms with Crippen molar-refractivity contribution < 1.29 is 9.21 Å². The van der Waals surface area contributed by atoms with Crippen LogP contribution in [-0.4, -0.2) is 11.5 Å². The largest absolute Gasteiger partial charge is 0.468 e. The predicted molar refractivity (Wildman–Crippen MR) is 54.0 cm³/mol. The van der Waals surface area contributed by atoms with Crippen molar-refractivity contribution in [2.75, 3.05) is 5.75 Å². The second kappa shape index (κ2) is 4.51. The SMILES string of the molecule is Cc1occc1SCC(=O)C(C)C. The lowest BCUT2D eigenvalue weighted by Gasteiger charge is -2.02. The molecule has 0 spiro atoms. The molecule has 72 valence electrons. The summed E-state index contributed by atoms with van der Waals surface area (Å²) in [6.45, 7) is 5.75. The van der Waals surface area contributed by atoms with Crippen molar-refractivity contribution in [3.63, 3.8) is 0 Å². The molecule has 1 aromatic heterocycles. The van der Waals surface area contributed by atoms with Crippen molar-refractivity contribution in [2.24, 2.45) is 5.92 Å². The minimum absolute atomic E-state index is 0.125. The van der Waals surface area contributed by atoms with Gasteiger partial charge >= 0.3 is 0 Å². The maximum Gasteiger partial charge on any atom is 0.145 e. The first-order valence-corrected chi connectivity index (χ1v) is 5.29. The van der Waals surface area contributed by atoms with Crippen LogP contribution in [0.3, 0.4) is 0 Å². The van der Waals surface area contributed by atoms with E-state index in [2.05, 4.69) is 0 Å². The van der Waals surface area contributed by atoms with Crippen molar-refractivity contribution >= 4 is 17.5 Å². The first-order chi connectivity index (χ1) is 6.11. The number of rotatable bonds is 4. The zero-order valence-corrected chi connectivity index (χ0v) is 8.98. The van der Waals surface area contributed by atoms with E-state index < -0.39 is 0 Å². The van der Waals surface area contributed by atoms with E-state index in [9.17, 15) is 4.79 Å². The Balaban J connectivity index is 2.44. The molecule has 0 N–H and O–H groups in total. The third-order valence-electron chi connectivity index (χ3n) is 1.83. The Bertz CT molecular complexity index is 289. The van der Waals surface area contributed by atoms with Gasteiger partial charge in [-0.2, -0.15) is 0 Å². The fraction of sp³-hybridized carbons (Fsp3) is 0.500. The highest BCUT2D eigenvalue weighted by Crippen LogP contribution is 2.23. The number of hydrogen-bond acceptors (Lipinski definition) is 3. The molecule has 0 amide bonds. The summed E-state index contributed by atoms with van der Waals surface area (Å²) in [5.74, 6) is 1.84. The van der Waals surface area contributed by atoms with Gasteiger partial charge in [-0.15, -0.1) is 11.8 Å². The topological polar surface area (TPSA) is 30.2 Å². The van der Waals surface area contributed by atoms with Gasteiger partial charge in [-0.3, -0.25) is 4.79 Å². The summed E-state index contributed by atoms with van der Waals surface area (Å²) in [7, 11) is 0. The lowest BCUT2D eigenvalue weighted by Crippen LogP contribution is -2.09. The molecule has 1 rings (SSSR count). The molecule has 0 unspecified atom stereocenters. The summed E-state index contributed by atoms with van der Waals surface area (Å²) in [5, 5.41) is 0. The van der Waals surface area contributed by atoms with Crippen molar-refractivity contribution in [2.45, 2.75) is 25.7 Å². The molecule has 1 heterocycles. The number of carbonyl (C=O) groups is 1. The molecule has 0 aromatic carbocycles. The molecular formula is C10H14O2S. The number of carbonyl (C=O) groups excluding carboxylic acids is 1. The molecule has 3 heteroatoms. The minimum atomic E-state index is 0.125. The Labute approximate surface area is 82.7 Å². The first-order valence-electron chi connectivity index (χ1n) is 4.31. The predicted octanol–water partition coefficient (Wildman–Crippen LogP) is 2.91. The molecule has 0 aliphatic heterocycles. The highest BCUT2D eigenvalue weighted by molar-refractivity contribution is 8.00. The summed E-state index contributed by atoms with van der Waals surface area (Å²) in [6, 6.07) is 1.90. The number of hydrogen-bond donors (Lipinski definition) is 0. The molecule has 0 bridgehead atoms. The van der Waals surface area contributed by atoms with Crippen LogP contribution in [-0.2, 0) is 4.79 Å². The van der Waals surface area contributed by atoms with Gasteiger partial charge in [-0.05, 0) is 13.0 Å². The fourth-order valence-corrected chi connectivity index (χ4v) is 1.87. The standard InChI is InChI=1S/C10H14O2S/c1-7(2)9(11)6-13-10-4-5-12-8(10)3/h4-5,7H,6H2,1-3H3. The quantitative estimate of drug-likeness (QED) is 0.697. The van der Waals surface area contributed by atoms with Crippen molar-refractivity contribution in [3.8, 4) is 0 Å². The summed E-state index contributed by atoms with van der Waals surface area (Å²) in [4.78, 5) is 12.4. The van der Waals surface area contributed by atoms with Gasteiger partial charge in [-0.1, -0.05) is 13.8 Å². The fourth-order valence-electron chi connectivity index (χ4n) is 0.839. The Morgan fingerprint density at radius 2 is 2.31 bits per heavy atom. The van der Waals surface area contributed by atoms with E-state index in [-0.39, 0.29) is 11.7 Å². The molecule has 0 aliphatic rings. The van der Waals surface area contributed by atoms with Crippen LogP contribution in [0.2, 0.25) is 0 Å². The maximum absolute atomic E-state index is 11.3. The Morgan fingerprint density at radius 3 is 2.77 bits per heavy atom. The Morgan fingerprint density at radius 1 is 1.62 bits per heavy atom. The zero-order valence-electron chi connectivity index (χ0n) is 8.16. The van der Waals surface area contributed by atoms with Gasteiger partial charge in [0.2, 0.25) is 0 Å². The highest BCUT2D eigenvalue weighted by atomic mass is 32.2. The second-order valence-corrected chi connectivity index (χ2v) is 4.27. The lowest BCUT2D eigenvalue weighted by atomic mass is 10.1. The monoisotopic (exact) mass is 198 g/mol. The molecule has 0 saturated heterocycles. The van der Waals surface area contributed by atoms with E-state index in [1.54, 1.807) is 18.0 Å². The van der Waals surface area contributed by atoms with E-state index in [1.165, 1.54) is 0 Å². The van der Waals surface area contributed by atoms with Crippen LogP contribution in [0.5, 0.6) is 0 Å². The van der Waals surface area contributed by atoms with Crippen molar-refractivity contribution in [3.05, 3.63) is 18.1 Å². The Kier molecular flexibility index (Phi) is 3.60. The number of Topliss-reactive ketones (excluding diaryl/α,β-unsaturated/α-hetero) is 1. The average molecular weight is 198 g/mol. The third-order valence-corrected chi connectivity index (χ3v) is 2.99. The Hall–Kier alpha value is -0.700. The smallest absolute Gasteiger partial charge is 0.145 e. The van der Waals surface area contributed by atoms with Gasteiger partial charge in [0.1, 0.15) is 11.5 Å². The molecule has 1 aromatic rings. The normalized spacial score (nSPS) is 10.8. The van der Waals surface area contributed by atoms with Crippen LogP contribution >= 0.6 is 11.8 Å². The third kappa shape index (κ3) is 2.92. The van der Waals surface area contributed by atoms with Crippen LogP contribution < -0.4 is 0 Å². The molecule has 2 nitrogen and oxygen atoms in total. The minimum Gasteiger partial charge on any atom is -0.468 e. The van der Waals surface area contributed by atoms with Gasteiger partial charge in [0.15, 0.2) is 0 Å². The van der Waals surface area contributed by atoms with Gasteiger partial charge in [0.25, 0.3) is 0 Å². The van der Waals surface area contributed by atoms with E-state index in [4.69, 9.17) is 4.42 Å². The van der Waals surface area contributed by atoms with Crippen LogP contribution in [0.1, 0.15) is 19.6 Å². The molecule has 0 aliphatic carbocycles. The lowest BCUT2D eigenvalue weighted by molar-refractivity contribution is -0.119. The van der Waals surface area contributed by atoms with Crippen molar-refractivity contribution in [1.29, 1.82) is 0 Å². The van der Waals surface area contributed by atoms with E-state index in [1.807, 2.05) is 26.8 Å². The van der Waals surface area contributed by atoms with Crippen LogP contribution in [0.4, 0.5) is 0 Å². The molecule has 0 saturated carbocycles. The number of furan rings is 1. The van der Waals surface area contributed by atoms with Crippen LogP contribution in [0, 0.1) is 12.8 Å². The molecule has 0 fully saturated rings. The molecule has 0 atom stereocenters. The highest BCUT2D eigenvalue weighted by Gasteiger charge is 2.09. The van der Waals surface area contributed by atoms with E-state index in [0.29, 0.717) is 5.75 Å². The number of ketones is 1. The molecule has 13 heavy (non-hydrogen) atoms. The van der Waals surface area contributed by atoms with Gasteiger partial charge in [0.05, 0.1) is 12.0 Å².